The molecule has 0 fully saturated rings. The van der Waals surface area contributed by atoms with E-state index < -0.39 is 0 Å². The Labute approximate surface area is 102 Å². The van der Waals surface area contributed by atoms with Crippen LogP contribution in [-0.2, 0) is 0 Å². The summed E-state index contributed by atoms with van der Waals surface area (Å²) in [5.41, 5.74) is 7.10. The molecule has 4 heteroatoms. The van der Waals surface area contributed by atoms with E-state index in [1.807, 2.05) is 19.2 Å². The van der Waals surface area contributed by atoms with Crippen molar-refractivity contribution in [3.05, 3.63) is 28.8 Å². The van der Waals surface area contributed by atoms with Crippen LogP contribution in [0, 0.1) is 5.41 Å². The number of amidine groups is 1. The zero-order valence-corrected chi connectivity index (χ0v) is 10.7. The molecule has 1 unspecified atom stereocenters. The molecule has 3 N–H and O–H groups in total. The summed E-state index contributed by atoms with van der Waals surface area (Å²) >= 11 is 6.07. The first-order valence-electron chi connectivity index (χ1n) is 5.34. The van der Waals surface area contributed by atoms with E-state index in [4.69, 9.17) is 22.7 Å². The molecule has 1 aromatic rings. The molecule has 0 aliphatic heterocycles. The summed E-state index contributed by atoms with van der Waals surface area (Å²) in [4.78, 5) is 2.10. The second kappa shape index (κ2) is 5.21. The number of benzene rings is 1. The zero-order chi connectivity index (χ0) is 12.3. The molecule has 1 rings (SSSR count). The molecule has 0 heterocycles. The van der Waals surface area contributed by atoms with Gasteiger partial charge < -0.3 is 10.6 Å². The van der Waals surface area contributed by atoms with Gasteiger partial charge in [-0.15, -0.1) is 0 Å². The van der Waals surface area contributed by atoms with Crippen LogP contribution in [0.2, 0.25) is 5.02 Å². The topological polar surface area (TPSA) is 53.1 Å². The minimum absolute atomic E-state index is 0.00996. The highest BCUT2D eigenvalue weighted by atomic mass is 35.5. The lowest BCUT2D eigenvalue weighted by Crippen LogP contribution is -2.30. The van der Waals surface area contributed by atoms with Gasteiger partial charge in [0.1, 0.15) is 5.84 Å². The first kappa shape index (κ1) is 12.8. The number of nitrogen functional groups attached to an aromatic ring is 1. The fraction of sp³-hybridized carbons (Fsp3) is 0.417. The van der Waals surface area contributed by atoms with E-state index in [0.29, 0.717) is 16.6 Å². The maximum absolute atomic E-state index is 7.58. The monoisotopic (exact) mass is 239 g/mol. The van der Waals surface area contributed by atoms with Crippen LogP contribution in [-0.4, -0.2) is 18.9 Å². The summed E-state index contributed by atoms with van der Waals surface area (Å²) in [6.07, 6.45) is 1.03. The third-order valence-electron chi connectivity index (χ3n) is 2.89. The molecule has 1 aromatic carbocycles. The quantitative estimate of drug-likeness (QED) is 0.627. The molecule has 0 aromatic heterocycles. The lowest BCUT2D eigenvalue weighted by atomic mass is 10.1. The molecule has 0 radical (unpaired) electrons. The molecule has 0 aliphatic rings. The van der Waals surface area contributed by atoms with E-state index in [0.717, 1.165) is 12.1 Å². The van der Waals surface area contributed by atoms with Crippen molar-refractivity contribution in [1.29, 1.82) is 5.41 Å². The minimum atomic E-state index is 0.00996. The number of anilines is 1. The summed E-state index contributed by atoms with van der Waals surface area (Å²) in [7, 11) is 1.99. The van der Waals surface area contributed by atoms with Crippen molar-refractivity contribution in [1.82, 2.24) is 0 Å². The fourth-order valence-corrected chi connectivity index (χ4v) is 1.86. The smallest absolute Gasteiger partial charge is 0.126 e. The van der Waals surface area contributed by atoms with Crippen molar-refractivity contribution >= 4 is 23.1 Å². The minimum Gasteiger partial charge on any atom is -0.384 e. The van der Waals surface area contributed by atoms with E-state index in [2.05, 4.69) is 18.7 Å². The van der Waals surface area contributed by atoms with Crippen LogP contribution < -0.4 is 10.6 Å². The summed E-state index contributed by atoms with van der Waals surface area (Å²) in [5.74, 6) is 0.00996. The zero-order valence-electron chi connectivity index (χ0n) is 9.92. The van der Waals surface area contributed by atoms with Gasteiger partial charge in [0.15, 0.2) is 0 Å². The van der Waals surface area contributed by atoms with E-state index in [-0.39, 0.29) is 5.84 Å². The fourth-order valence-electron chi connectivity index (χ4n) is 1.58. The standard InChI is InChI=1S/C12H18ClN3/c1-4-8(2)16(3)10-7-5-6-9(13)11(10)12(14)15/h5-8H,4H2,1-3H3,(H3,14,15). The largest absolute Gasteiger partial charge is 0.384 e. The van der Waals surface area contributed by atoms with Crippen LogP contribution in [0.4, 0.5) is 5.69 Å². The predicted octanol–water partition coefficient (Wildman–Crippen LogP) is 2.86. The second-order valence-corrected chi connectivity index (χ2v) is 4.32. The average molecular weight is 240 g/mol. The Bertz CT molecular complexity index is 390. The molecule has 0 saturated carbocycles. The van der Waals surface area contributed by atoms with E-state index in [9.17, 15) is 0 Å². The summed E-state index contributed by atoms with van der Waals surface area (Å²) in [6, 6.07) is 5.96. The van der Waals surface area contributed by atoms with Crippen LogP contribution >= 0.6 is 11.6 Å². The molecular formula is C12H18ClN3. The lowest BCUT2D eigenvalue weighted by molar-refractivity contribution is 0.663. The van der Waals surface area contributed by atoms with Crippen molar-refractivity contribution in [2.75, 3.05) is 11.9 Å². The predicted molar refractivity (Wildman–Crippen MR) is 70.6 cm³/mol. The highest BCUT2D eigenvalue weighted by molar-refractivity contribution is 6.34. The van der Waals surface area contributed by atoms with Gasteiger partial charge in [0, 0.05) is 18.8 Å². The van der Waals surface area contributed by atoms with Crippen LogP contribution in [0.5, 0.6) is 0 Å². The van der Waals surface area contributed by atoms with Gasteiger partial charge in [-0.1, -0.05) is 24.6 Å². The van der Waals surface area contributed by atoms with Gasteiger partial charge in [-0.3, -0.25) is 5.41 Å². The Morgan fingerprint density at radius 1 is 1.56 bits per heavy atom. The molecule has 88 valence electrons. The van der Waals surface area contributed by atoms with Crippen LogP contribution in [0.3, 0.4) is 0 Å². The maximum Gasteiger partial charge on any atom is 0.126 e. The number of nitrogens with zero attached hydrogens (tertiary/aromatic N) is 1. The molecular weight excluding hydrogens is 222 g/mol. The summed E-state index contributed by atoms with van der Waals surface area (Å²) < 4.78 is 0. The van der Waals surface area contributed by atoms with Crippen molar-refractivity contribution < 1.29 is 0 Å². The van der Waals surface area contributed by atoms with Gasteiger partial charge in [-0.2, -0.15) is 0 Å². The molecule has 0 spiro atoms. The first-order chi connectivity index (χ1) is 7.49. The normalized spacial score (nSPS) is 12.2. The first-order valence-corrected chi connectivity index (χ1v) is 5.72. The second-order valence-electron chi connectivity index (χ2n) is 3.92. The van der Waals surface area contributed by atoms with Gasteiger partial charge in [-0.25, -0.2) is 0 Å². The van der Waals surface area contributed by atoms with Gasteiger partial charge in [0.25, 0.3) is 0 Å². The number of nitrogens with two attached hydrogens (primary N) is 1. The highest BCUT2D eigenvalue weighted by Crippen LogP contribution is 2.27. The molecule has 0 aliphatic carbocycles. The van der Waals surface area contributed by atoms with Crippen molar-refractivity contribution in [2.24, 2.45) is 5.73 Å². The van der Waals surface area contributed by atoms with E-state index >= 15 is 0 Å². The Kier molecular flexibility index (Phi) is 4.19. The third-order valence-corrected chi connectivity index (χ3v) is 3.21. The van der Waals surface area contributed by atoms with E-state index in [1.54, 1.807) is 6.07 Å². The molecule has 3 nitrogen and oxygen atoms in total. The highest BCUT2D eigenvalue weighted by Gasteiger charge is 2.16. The lowest BCUT2D eigenvalue weighted by Gasteiger charge is -2.28. The molecule has 0 bridgehead atoms. The SMILES string of the molecule is CCC(C)N(C)c1cccc(Cl)c1C(=N)N. The van der Waals surface area contributed by atoms with Crippen LogP contribution in [0.25, 0.3) is 0 Å². The summed E-state index contributed by atoms with van der Waals surface area (Å²) in [5, 5.41) is 8.10. The van der Waals surface area contributed by atoms with Crippen molar-refractivity contribution in [3.8, 4) is 0 Å². The number of hydrogen-bond donors (Lipinski definition) is 2. The average Bonchev–Trinajstić information content (AvgIpc) is 2.26. The van der Waals surface area contributed by atoms with Crippen LogP contribution in [0.15, 0.2) is 18.2 Å². The number of nitrogens with one attached hydrogen (secondary N) is 1. The van der Waals surface area contributed by atoms with Gasteiger partial charge >= 0.3 is 0 Å². The Morgan fingerprint density at radius 2 is 2.19 bits per heavy atom. The third kappa shape index (κ3) is 2.47. The number of hydrogen-bond acceptors (Lipinski definition) is 2. The van der Waals surface area contributed by atoms with Crippen LogP contribution in [0.1, 0.15) is 25.8 Å². The van der Waals surface area contributed by atoms with Gasteiger partial charge in [0.2, 0.25) is 0 Å². The van der Waals surface area contributed by atoms with Crippen molar-refractivity contribution in [3.63, 3.8) is 0 Å². The van der Waals surface area contributed by atoms with Gasteiger partial charge in [-0.05, 0) is 25.5 Å². The number of rotatable bonds is 4. The molecule has 0 amide bonds. The Hall–Kier alpha value is -1.22. The van der Waals surface area contributed by atoms with E-state index in [1.165, 1.54) is 0 Å². The molecule has 0 saturated heterocycles. The van der Waals surface area contributed by atoms with Gasteiger partial charge in [0.05, 0.1) is 10.6 Å². The Balaban J connectivity index is 3.22. The Morgan fingerprint density at radius 3 is 2.69 bits per heavy atom. The molecule has 1 atom stereocenters. The number of halogens is 1. The summed E-state index contributed by atoms with van der Waals surface area (Å²) in [6.45, 7) is 4.25. The molecule has 16 heavy (non-hydrogen) atoms. The van der Waals surface area contributed by atoms with Crippen molar-refractivity contribution in [2.45, 2.75) is 26.3 Å². The maximum atomic E-state index is 7.58.